The second kappa shape index (κ2) is 6.99. The zero-order valence-corrected chi connectivity index (χ0v) is 15.0. The molecule has 0 spiro atoms. The van der Waals surface area contributed by atoms with Gasteiger partial charge in [0.1, 0.15) is 16.8 Å². The van der Waals surface area contributed by atoms with E-state index < -0.39 is 16.1 Å². The van der Waals surface area contributed by atoms with Crippen LogP contribution in [0.4, 0.5) is 11.5 Å². The molecule has 1 fully saturated rings. The summed E-state index contributed by atoms with van der Waals surface area (Å²) in [5.41, 5.74) is 0.755. The number of rotatable bonds is 5. The van der Waals surface area contributed by atoms with Crippen LogP contribution >= 0.6 is 11.6 Å². The number of nitrogens with one attached hydrogen (secondary N) is 2. The van der Waals surface area contributed by atoms with Crippen LogP contribution in [-0.4, -0.2) is 38.9 Å². The summed E-state index contributed by atoms with van der Waals surface area (Å²) in [6, 6.07) is 9.70. The summed E-state index contributed by atoms with van der Waals surface area (Å²) in [6.45, 7) is 0.572. The fraction of sp³-hybridized carbons (Fsp3) is 0.250. The third kappa shape index (κ3) is 3.76. The Bertz CT molecular complexity index is 887. The second-order valence-electron chi connectivity index (χ2n) is 5.54. The topological polar surface area (TPSA) is 91.4 Å². The van der Waals surface area contributed by atoms with Gasteiger partial charge < -0.3 is 10.2 Å². The molecule has 1 atom stereocenters. The van der Waals surface area contributed by atoms with Crippen molar-refractivity contribution in [2.24, 2.45) is 0 Å². The summed E-state index contributed by atoms with van der Waals surface area (Å²) in [6.07, 6.45) is 1.87. The molecule has 132 valence electrons. The highest BCUT2D eigenvalue weighted by Gasteiger charge is 2.32. The van der Waals surface area contributed by atoms with Crippen molar-refractivity contribution >= 4 is 39.0 Å². The molecule has 7 nitrogen and oxygen atoms in total. The molecule has 0 saturated carbocycles. The van der Waals surface area contributed by atoms with Gasteiger partial charge in [0.05, 0.1) is 0 Å². The standard InChI is InChI=1S/C16H17ClN4O3S/c1-18-25(23,24)13-5-6-15(19-10-13)20-14-7-8-21(16(14)22)12-4-2-3-11(17)9-12/h2-6,9-10,14,18H,7-8H2,1H3,(H,19,20). The van der Waals surface area contributed by atoms with E-state index in [1.165, 1.54) is 19.3 Å². The third-order valence-corrected chi connectivity index (χ3v) is 5.60. The molecule has 3 rings (SSSR count). The van der Waals surface area contributed by atoms with E-state index in [2.05, 4.69) is 15.0 Å². The van der Waals surface area contributed by atoms with Gasteiger partial charge in [-0.25, -0.2) is 18.1 Å². The number of benzene rings is 1. The molecule has 1 saturated heterocycles. The van der Waals surface area contributed by atoms with Crippen molar-refractivity contribution in [1.29, 1.82) is 0 Å². The Morgan fingerprint density at radius 3 is 2.72 bits per heavy atom. The van der Waals surface area contributed by atoms with Gasteiger partial charge in [0.2, 0.25) is 15.9 Å². The monoisotopic (exact) mass is 380 g/mol. The number of halogens is 1. The highest BCUT2D eigenvalue weighted by Crippen LogP contribution is 2.25. The largest absolute Gasteiger partial charge is 0.358 e. The highest BCUT2D eigenvalue weighted by molar-refractivity contribution is 7.89. The van der Waals surface area contributed by atoms with E-state index in [0.717, 1.165) is 5.69 Å². The second-order valence-corrected chi connectivity index (χ2v) is 7.87. The van der Waals surface area contributed by atoms with Crippen LogP contribution in [0.15, 0.2) is 47.5 Å². The molecule has 1 aliphatic heterocycles. The van der Waals surface area contributed by atoms with Gasteiger partial charge in [-0.1, -0.05) is 17.7 Å². The van der Waals surface area contributed by atoms with Crippen LogP contribution < -0.4 is 14.9 Å². The van der Waals surface area contributed by atoms with Crippen molar-refractivity contribution < 1.29 is 13.2 Å². The van der Waals surface area contributed by atoms with E-state index in [1.807, 2.05) is 6.07 Å². The van der Waals surface area contributed by atoms with Gasteiger partial charge in [0, 0.05) is 23.5 Å². The number of nitrogens with zero attached hydrogens (tertiary/aromatic N) is 2. The Hall–Kier alpha value is -2.16. The molecule has 2 N–H and O–H groups in total. The fourth-order valence-corrected chi connectivity index (χ4v) is 3.49. The maximum Gasteiger partial charge on any atom is 0.249 e. The number of carbonyl (C=O) groups excluding carboxylic acids is 1. The molecule has 0 bridgehead atoms. The first-order valence-electron chi connectivity index (χ1n) is 7.64. The van der Waals surface area contributed by atoms with E-state index in [4.69, 9.17) is 11.6 Å². The van der Waals surface area contributed by atoms with Crippen LogP contribution in [-0.2, 0) is 14.8 Å². The minimum absolute atomic E-state index is 0.0684. The number of sulfonamides is 1. The van der Waals surface area contributed by atoms with E-state index in [-0.39, 0.29) is 10.8 Å². The van der Waals surface area contributed by atoms with Crippen LogP contribution in [0.5, 0.6) is 0 Å². The summed E-state index contributed by atoms with van der Waals surface area (Å²) >= 11 is 5.98. The average molecular weight is 381 g/mol. The van der Waals surface area contributed by atoms with Crippen LogP contribution in [0.25, 0.3) is 0 Å². The van der Waals surface area contributed by atoms with Gasteiger partial charge in [-0.3, -0.25) is 4.79 Å². The normalized spacial score (nSPS) is 17.8. The molecule has 1 aromatic heterocycles. The van der Waals surface area contributed by atoms with Crippen molar-refractivity contribution in [3.63, 3.8) is 0 Å². The number of hydrogen-bond acceptors (Lipinski definition) is 5. The summed E-state index contributed by atoms with van der Waals surface area (Å²) in [5.74, 6) is 0.373. The van der Waals surface area contributed by atoms with Crippen molar-refractivity contribution in [2.45, 2.75) is 17.4 Å². The molecule has 0 aliphatic carbocycles. The zero-order chi connectivity index (χ0) is 18.0. The first-order valence-corrected chi connectivity index (χ1v) is 9.50. The average Bonchev–Trinajstić information content (AvgIpc) is 2.96. The maximum atomic E-state index is 12.6. The van der Waals surface area contributed by atoms with Gasteiger partial charge in [-0.2, -0.15) is 0 Å². The minimum Gasteiger partial charge on any atom is -0.358 e. The lowest BCUT2D eigenvalue weighted by atomic mass is 10.2. The van der Waals surface area contributed by atoms with Crippen molar-refractivity contribution in [2.75, 3.05) is 23.8 Å². The van der Waals surface area contributed by atoms with Crippen LogP contribution in [0, 0.1) is 0 Å². The molecule has 2 aromatic rings. The van der Waals surface area contributed by atoms with Gasteiger partial charge in [0.25, 0.3) is 0 Å². The van der Waals surface area contributed by atoms with Gasteiger partial charge in [-0.15, -0.1) is 0 Å². The fourth-order valence-electron chi connectivity index (χ4n) is 2.64. The molecule has 2 heterocycles. The predicted molar refractivity (Wildman–Crippen MR) is 96.3 cm³/mol. The Morgan fingerprint density at radius 1 is 1.28 bits per heavy atom. The maximum absolute atomic E-state index is 12.6. The number of amides is 1. The molecule has 1 aromatic carbocycles. The lowest BCUT2D eigenvalue weighted by molar-refractivity contribution is -0.117. The van der Waals surface area contributed by atoms with E-state index in [9.17, 15) is 13.2 Å². The molecule has 1 aliphatic rings. The smallest absolute Gasteiger partial charge is 0.249 e. The Balaban J connectivity index is 1.71. The third-order valence-electron chi connectivity index (χ3n) is 3.96. The van der Waals surface area contributed by atoms with Gasteiger partial charge >= 0.3 is 0 Å². The van der Waals surface area contributed by atoms with E-state index in [0.29, 0.717) is 23.8 Å². The summed E-state index contributed by atoms with van der Waals surface area (Å²) in [7, 11) is -2.19. The van der Waals surface area contributed by atoms with Crippen LogP contribution in [0.1, 0.15) is 6.42 Å². The Morgan fingerprint density at radius 2 is 2.08 bits per heavy atom. The predicted octanol–water partition coefficient (Wildman–Crippen LogP) is 1.86. The van der Waals surface area contributed by atoms with Crippen molar-refractivity contribution in [1.82, 2.24) is 9.71 Å². The van der Waals surface area contributed by atoms with E-state index in [1.54, 1.807) is 29.2 Å². The number of pyridine rings is 1. The number of carbonyl (C=O) groups is 1. The summed E-state index contributed by atoms with van der Waals surface area (Å²) in [5, 5.41) is 3.62. The quantitative estimate of drug-likeness (QED) is 0.826. The molecular formula is C16H17ClN4O3S. The molecule has 1 unspecified atom stereocenters. The van der Waals surface area contributed by atoms with Gasteiger partial charge in [-0.05, 0) is 43.8 Å². The molecule has 9 heteroatoms. The molecular weight excluding hydrogens is 364 g/mol. The van der Waals surface area contributed by atoms with Crippen molar-refractivity contribution in [3.8, 4) is 0 Å². The summed E-state index contributed by atoms with van der Waals surface area (Å²) in [4.78, 5) is 18.4. The van der Waals surface area contributed by atoms with Crippen molar-refractivity contribution in [3.05, 3.63) is 47.6 Å². The minimum atomic E-state index is -3.53. The Labute approximate surface area is 151 Å². The number of hydrogen-bond donors (Lipinski definition) is 2. The first kappa shape index (κ1) is 17.7. The molecule has 1 amide bonds. The first-order chi connectivity index (χ1) is 11.9. The Kier molecular flexibility index (Phi) is 4.94. The van der Waals surface area contributed by atoms with Gasteiger partial charge in [0.15, 0.2) is 0 Å². The lowest BCUT2D eigenvalue weighted by Gasteiger charge is -2.17. The van der Waals surface area contributed by atoms with Crippen LogP contribution in [0.2, 0.25) is 5.02 Å². The number of aromatic nitrogens is 1. The SMILES string of the molecule is CNS(=O)(=O)c1ccc(NC2CCN(c3cccc(Cl)c3)C2=O)nc1. The highest BCUT2D eigenvalue weighted by atomic mass is 35.5. The lowest BCUT2D eigenvalue weighted by Crippen LogP contribution is -2.33. The van der Waals surface area contributed by atoms with E-state index >= 15 is 0 Å². The van der Waals surface area contributed by atoms with Crippen LogP contribution in [0.3, 0.4) is 0 Å². The zero-order valence-electron chi connectivity index (χ0n) is 13.4. The molecule has 0 radical (unpaired) electrons. The molecule has 25 heavy (non-hydrogen) atoms. The summed E-state index contributed by atoms with van der Waals surface area (Å²) < 4.78 is 25.6. The number of anilines is 2.